The van der Waals surface area contributed by atoms with Gasteiger partial charge in [-0.15, -0.1) is 0 Å². The van der Waals surface area contributed by atoms with E-state index in [4.69, 9.17) is 33.2 Å². The molecule has 0 spiro atoms. The Labute approximate surface area is 271 Å². The summed E-state index contributed by atoms with van der Waals surface area (Å²) in [6.45, 7) is 4.78. The second kappa shape index (κ2) is 14.5. The molecule has 1 saturated heterocycles. The van der Waals surface area contributed by atoms with Crippen molar-refractivity contribution >= 4 is 23.9 Å². The fourth-order valence-corrected chi connectivity index (χ4v) is 5.78. The highest BCUT2D eigenvalue weighted by Crippen LogP contribution is 2.50. The Balaban J connectivity index is 1.54. The molecular formula is C35H36O12. The molecule has 0 aliphatic carbocycles. The quantitative estimate of drug-likeness (QED) is 0.192. The second-order valence-corrected chi connectivity index (χ2v) is 11.2. The number of rotatable bonds is 9. The molecule has 248 valence electrons. The van der Waals surface area contributed by atoms with Gasteiger partial charge in [0.1, 0.15) is 41.8 Å². The van der Waals surface area contributed by atoms with Crippen LogP contribution >= 0.6 is 0 Å². The summed E-state index contributed by atoms with van der Waals surface area (Å²) in [5.41, 5.74) is 2.33. The highest BCUT2D eigenvalue weighted by Gasteiger charge is 2.49. The largest absolute Gasteiger partial charge is 0.507 e. The maximum atomic E-state index is 12.3. The van der Waals surface area contributed by atoms with Crippen LogP contribution in [0.1, 0.15) is 68.6 Å². The van der Waals surface area contributed by atoms with Crippen molar-refractivity contribution in [1.82, 2.24) is 0 Å². The lowest BCUT2D eigenvalue weighted by Crippen LogP contribution is -2.54. The average Bonchev–Trinajstić information content (AvgIpc) is 3.02. The molecule has 1 N–H and O–H groups in total. The number of hydrogen-bond donors (Lipinski definition) is 1. The van der Waals surface area contributed by atoms with Crippen LogP contribution < -0.4 is 14.2 Å². The van der Waals surface area contributed by atoms with E-state index < -0.39 is 48.3 Å². The van der Waals surface area contributed by atoms with Crippen molar-refractivity contribution < 1.29 is 57.4 Å². The minimum Gasteiger partial charge on any atom is -0.507 e. The third-order valence-electron chi connectivity index (χ3n) is 7.68. The van der Waals surface area contributed by atoms with Crippen LogP contribution in [0.25, 0.3) is 0 Å². The highest BCUT2D eigenvalue weighted by molar-refractivity contribution is 5.70. The van der Waals surface area contributed by atoms with Crippen molar-refractivity contribution in [2.75, 3.05) is 6.61 Å². The number of phenolic OH excluding ortho intramolecular Hbond substituents is 1. The molecule has 2 aliphatic rings. The second-order valence-electron chi connectivity index (χ2n) is 11.2. The summed E-state index contributed by atoms with van der Waals surface area (Å²) in [4.78, 5) is 47.7. The summed E-state index contributed by atoms with van der Waals surface area (Å²) in [6.07, 6.45) is -4.30. The number of fused-ring (bicyclic) bond motifs is 1. The first-order chi connectivity index (χ1) is 22.5. The lowest BCUT2D eigenvalue weighted by Gasteiger charge is -2.41. The molecule has 3 aromatic rings. The molecule has 0 bridgehead atoms. The monoisotopic (exact) mass is 648 g/mol. The van der Waals surface area contributed by atoms with Gasteiger partial charge in [-0.25, -0.2) is 0 Å². The van der Waals surface area contributed by atoms with E-state index in [-0.39, 0.29) is 36.4 Å². The van der Waals surface area contributed by atoms with Gasteiger partial charge in [0.25, 0.3) is 0 Å². The third kappa shape index (κ3) is 8.01. The predicted octanol–water partition coefficient (Wildman–Crippen LogP) is 4.83. The first-order valence-corrected chi connectivity index (χ1v) is 15.1. The van der Waals surface area contributed by atoms with E-state index in [0.717, 1.165) is 11.1 Å². The van der Waals surface area contributed by atoms with Gasteiger partial charge < -0.3 is 38.3 Å². The van der Waals surface area contributed by atoms with E-state index >= 15 is 0 Å². The van der Waals surface area contributed by atoms with Crippen LogP contribution in [0.2, 0.25) is 0 Å². The lowest BCUT2D eigenvalue weighted by molar-refractivity contribution is -0.227. The van der Waals surface area contributed by atoms with E-state index in [9.17, 15) is 24.3 Å². The average molecular weight is 649 g/mol. The molecule has 5 atom stereocenters. The number of hydrogen-bond acceptors (Lipinski definition) is 12. The van der Waals surface area contributed by atoms with Crippen LogP contribution in [-0.2, 0) is 51.2 Å². The Hall–Kier alpha value is -5.10. The number of aromatic hydroxyl groups is 1. The van der Waals surface area contributed by atoms with Crippen molar-refractivity contribution in [3.05, 3.63) is 82.9 Å². The molecule has 5 rings (SSSR count). The SMILES string of the molecule is CC(=O)Oc1ccc(C2CCc3c(cc(OCc4ccccc4)c([C@@H]4OC[C@H](OC(C)=O)[C@H](OC(C)=O)[C@H]4OC(C)=O)c3O)O2)cc1. The number of ether oxygens (including phenoxy) is 7. The molecule has 12 heteroatoms. The van der Waals surface area contributed by atoms with Crippen molar-refractivity contribution in [1.29, 1.82) is 0 Å². The fraction of sp³-hybridized carbons (Fsp3) is 0.371. The molecule has 2 aliphatic heterocycles. The molecule has 12 nitrogen and oxygen atoms in total. The van der Waals surface area contributed by atoms with Gasteiger partial charge in [0.15, 0.2) is 18.3 Å². The zero-order valence-corrected chi connectivity index (χ0v) is 26.4. The summed E-state index contributed by atoms with van der Waals surface area (Å²) >= 11 is 0. The van der Waals surface area contributed by atoms with Gasteiger partial charge in [-0.2, -0.15) is 0 Å². The number of carbonyl (C=O) groups excluding carboxylic acids is 4. The Morgan fingerprint density at radius 2 is 1.49 bits per heavy atom. The summed E-state index contributed by atoms with van der Waals surface area (Å²) in [5, 5.41) is 11.9. The smallest absolute Gasteiger partial charge is 0.308 e. The van der Waals surface area contributed by atoms with Crippen LogP contribution in [0, 0.1) is 0 Å². The maximum absolute atomic E-state index is 12.3. The number of benzene rings is 3. The van der Waals surface area contributed by atoms with E-state index in [1.54, 1.807) is 18.2 Å². The Kier molecular flexibility index (Phi) is 10.3. The summed E-state index contributed by atoms with van der Waals surface area (Å²) in [5.74, 6) is -1.69. The molecule has 1 fully saturated rings. The van der Waals surface area contributed by atoms with Crippen LogP contribution in [0.3, 0.4) is 0 Å². The van der Waals surface area contributed by atoms with Gasteiger partial charge in [-0.05, 0) is 36.1 Å². The lowest BCUT2D eigenvalue weighted by atomic mass is 9.89. The molecule has 0 aromatic heterocycles. The molecule has 0 saturated carbocycles. The highest BCUT2D eigenvalue weighted by atomic mass is 16.6. The molecule has 47 heavy (non-hydrogen) atoms. The summed E-state index contributed by atoms with van der Waals surface area (Å²) in [6, 6.07) is 18.0. The molecule has 2 heterocycles. The van der Waals surface area contributed by atoms with Crippen molar-refractivity contribution in [2.24, 2.45) is 0 Å². The first-order valence-electron chi connectivity index (χ1n) is 15.1. The zero-order valence-electron chi connectivity index (χ0n) is 26.4. The van der Waals surface area contributed by atoms with Gasteiger partial charge in [-0.3, -0.25) is 19.2 Å². The van der Waals surface area contributed by atoms with Crippen molar-refractivity contribution in [3.63, 3.8) is 0 Å². The van der Waals surface area contributed by atoms with E-state index in [1.807, 2.05) is 42.5 Å². The maximum Gasteiger partial charge on any atom is 0.308 e. The zero-order chi connectivity index (χ0) is 33.7. The van der Waals surface area contributed by atoms with Crippen LogP contribution in [0.4, 0.5) is 0 Å². The third-order valence-corrected chi connectivity index (χ3v) is 7.68. The molecule has 0 radical (unpaired) electrons. The van der Waals surface area contributed by atoms with Crippen molar-refractivity contribution in [3.8, 4) is 23.0 Å². The fourth-order valence-electron chi connectivity index (χ4n) is 5.78. The predicted molar refractivity (Wildman–Crippen MR) is 164 cm³/mol. The number of phenols is 1. The van der Waals surface area contributed by atoms with Crippen LogP contribution in [0.5, 0.6) is 23.0 Å². The topological polar surface area (TPSA) is 153 Å². The molecule has 3 aromatic carbocycles. The van der Waals surface area contributed by atoms with Gasteiger partial charge >= 0.3 is 23.9 Å². The minimum absolute atomic E-state index is 0.113. The van der Waals surface area contributed by atoms with Gasteiger partial charge in [0, 0.05) is 39.3 Å². The first kappa shape index (κ1) is 33.3. The standard InChI is InChI=1S/C35H36O12/c1-19(36)43-25-12-10-24(11-13-25)27-15-14-26-28(47-27)16-29(41-17-23-8-6-5-7-9-23)31(32(26)40)34-35(46-22(4)39)33(45-21(3)38)30(18-42-34)44-20(2)37/h5-13,16,27,30,33-35,40H,14-15,17-18H2,1-4H3/t27?,30-,33-,34-,35+/m0/s1. The van der Waals surface area contributed by atoms with Crippen LogP contribution in [-0.4, -0.2) is 53.9 Å². The van der Waals surface area contributed by atoms with E-state index in [0.29, 0.717) is 29.9 Å². The Morgan fingerprint density at radius 1 is 0.830 bits per heavy atom. The number of esters is 4. The molecular weight excluding hydrogens is 612 g/mol. The van der Waals surface area contributed by atoms with Crippen LogP contribution in [0.15, 0.2) is 60.7 Å². The summed E-state index contributed by atoms with van der Waals surface area (Å²) < 4.78 is 40.5. The summed E-state index contributed by atoms with van der Waals surface area (Å²) in [7, 11) is 0. The van der Waals surface area contributed by atoms with Gasteiger partial charge in [-0.1, -0.05) is 42.5 Å². The minimum atomic E-state index is -1.31. The number of carbonyl (C=O) groups is 4. The Morgan fingerprint density at radius 3 is 2.13 bits per heavy atom. The van der Waals surface area contributed by atoms with E-state index in [1.165, 1.54) is 27.7 Å². The normalized spacial score (nSPS) is 21.7. The van der Waals surface area contributed by atoms with Gasteiger partial charge in [0.2, 0.25) is 0 Å². The molecule has 1 unspecified atom stereocenters. The molecule has 0 amide bonds. The van der Waals surface area contributed by atoms with E-state index in [2.05, 4.69) is 0 Å². The van der Waals surface area contributed by atoms with Crippen molar-refractivity contribution in [2.45, 2.75) is 77.7 Å². The Bertz CT molecular complexity index is 1620. The van der Waals surface area contributed by atoms with Gasteiger partial charge in [0.05, 0.1) is 12.2 Å².